The Hall–Kier alpha value is -2.88. The zero-order valence-corrected chi connectivity index (χ0v) is 26.9. The van der Waals surface area contributed by atoms with Crippen LogP contribution in [-0.4, -0.2) is 96.2 Å². The zero-order chi connectivity index (χ0) is 31.3. The van der Waals surface area contributed by atoms with E-state index in [-0.39, 0.29) is 23.3 Å². The Morgan fingerprint density at radius 2 is 1.91 bits per heavy atom. The van der Waals surface area contributed by atoms with E-state index in [4.69, 9.17) is 4.74 Å². The van der Waals surface area contributed by atoms with Gasteiger partial charge in [0.15, 0.2) is 5.82 Å². The van der Waals surface area contributed by atoms with Crippen LogP contribution in [0, 0.1) is 23.5 Å². The summed E-state index contributed by atoms with van der Waals surface area (Å²) >= 11 is 0. The minimum Gasteiger partial charge on any atom is -0.383 e. The Morgan fingerprint density at radius 3 is 2.60 bits per heavy atom. The molecule has 1 saturated heterocycles. The van der Waals surface area contributed by atoms with Gasteiger partial charge >= 0.3 is 0 Å². The fraction of sp³-hybridized carbons (Fsp3) is 0.588. The van der Waals surface area contributed by atoms with E-state index in [1.54, 1.807) is 31.3 Å². The summed E-state index contributed by atoms with van der Waals surface area (Å²) in [6.07, 6.45) is 8.86. The van der Waals surface area contributed by atoms with Crippen LogP contribution in [0.15, 0.2) is 36.8 Å². The van der Waals surface area contributed by atoms with E-state index >= 15 is 4.39 Å². The molecule has 1 aliphatic heterocycles. The summed E-state index contributed by atoms with van der Waals surface area (Å²) in [4.78, 5) is 24.0. The molecule has 0 aliphatic carbocycles. The lowest BCUT2D eigenvalue weighted by Gasteiger charge is -2.32. The molecule has 43 heavy (non-hydrogen) atoms. The molecule has 9 heteroatoms. The number of nitrogens with zero attached hydrogens (tertiary/aromatic N) is 5. The highest BCUT2D eigenvalue weighted by atomic mass is 19.1. The van der Waals surface area contributed by atoms with Crippen LogP contribution in [0.3, 0.4) is 0 Å². The van der Waals surface area contributed by atoms with Crippen LogP contribution in [0.4, 0.5) is 8.78 Å². The molecular formula is C34H49F2N5O2. The van der Waals surface area contributed by atoms with Crippen molar-refractivity contribution in [3.63, 3.8) is 0 Å². The van der Waals surface area contributed by atoms with Gasteiger partial charge in [0.25, 0.3) is 5.91 Å². The number of methoxy groups -OCH3 is 1. The second kappa shape index (κ2) is 14.7. The molecule has 4 rings (SSSR count). The zero-order valence-electron chi connectivity index (χ0n) is 26.9. The Balaban J connectivity index is 1.56. The van der Waals surface area contributed by atoms with Gasteiger partial charge in [-0.2, -0.15) is 0 Å². The Labute approximate surface area is 255 Å². The largest absolute Gasteiger partial charge is 0.383 e. The van der Waals surface area contributed by atoms with Crippen LogP contribution < -0.4 is 0 Å². The monoisotopic (exact) mass is 597 g/mol. The minimum absolute atomic E-state index is 0.0590. The standard InChI is InChI=1S/C34H49F2N5O2/c1-23(2)30(9-8-13-38(5)15-16-43-7)40-14-12-25(21-40)17-26-22-41(32-20-37-19-29(36)33(26)32)31-11-10-27(35)18-28(31)34(42)39(6)24(3)4/h10-11,18-20,22-25,30H,8-9,12-17,21H2,1-7H3. The van der Waals surface area contributed by atoms with Gasteiger partial charge in [-0.3, -0.25) is 14.7 Å². The summed E-state index contributed by atoms with van der Waals surface area (Å²) in [7, 11) is 5.59. The van der Waals surface area contributed by atoms with E-state index < -0.39 is 5.82 Å². The maximum Gasteiger partial charge on any atom is 0.256 e. The molecule has 0 saturated carbocycles. The van der Waals surface area contributed by atoms with Crippen molar-refractivity contribution < 1.29 is 18.3 Å². The van der Waals surface area contributed by atoms with Gasteiger partial charge in [-0.1, -0.05) is 13.8 Å². The van der Waals surface area contributed by atoms with Gasteiger partial charge in [-0.25, -0.2) is 8.78 Å². The highest BCUT2D eigenvalue weighted by molar-refractivity contribution is 5.99. The van der Waals surface area contributed by atoms with Crippen LogP contribution in [0.1, 0.15) is 62.9 Å². The molecule has 2 unspecified atom stereocenters. The van der Waals surface area contributed by atoms with Crippen molar-refractivity contribution in [1.29, 1.82) is 0 Å². The van der Waals surface area contributed by atoms with Gasteiger partial charge in [0.2, 0.25) is 0 Å². The number of aromatic nitrogens is 2. The third kappa shape index (κ3) is 7.80. The lowest BCUT2D eigenvalue weighted by molar-refractivity contribution is 0.0754. The first-order valence-corrected chi connectivity index (χ1v) is 15.6. The number of likely N-dealkylation sites (N-methyl/N-ethyl adjacent to an activating group) is 1. The number of fused-ring (bicyclic) bond motifs is 1. The van der Waals surface area contributed by atoms with Crippen LogP contribution >= 0.6 is 0 Å². The SMILES string of the molecule is COCCN(C)CCCC(C(C)C)N1CCC(Cc2cn(-c3ccc(F)cc3C(=O)N(C)C(C)C)c3cncc(F)c23)C1. The van der Waals surface area contributed by atoms with E-state index in [0.29, 0.717) is 34.5 Å². The summed E-state index contributed by atoms with van der Waals surface area (Å²) in [6.45, 7) is 13.2. The predicted octanol–water partition coefficient (Wildman–Crippen LogP) is 6.03. The summed E-state index contributed by atoms with van der Waals surface area (Å²) in [5, 5.41) is 0.521. The molecule has 3 heterocycles. The third-order valence-electron chi connectivity index (χ3n) is 9.07. The maximum absolute atomic E-state index is 15.4. The van der Waals surface area contributed by atoms with Crippen molar-refractivity contribution >= 4 is 16.8 Å². The smallest absolute Gasteiger partial charge is 0.256 e. The molecule has 1 aromatic carbocycles. The summed E-state index contributed by atoms with van der Waals surface area (Å²) in [5.74, 6) is -0.218. The van der Waals surface area contributed by atoms with Crippen LogP contribution in [-0.2, 0) is 11.2 Å². The van der Waals surface area contributed by atoms with Crippen molar-refractivity contribution in [3.05, 3.63) is 59.6 Å². The molecule has 0 spiro atoms. The number of hydrogen-bond donors (Lipinski definition) is 0. The number of carbonyl (C=O) groups is 1. The van der Waals surface area contributed by atoms with Gasteiger partial charge in [0, 0.05) is 50.9 Å². The van der Waals surface area contributed by atoms with E-state index in [2.05, 4.69) is 35.7 Å². The molecule has 2 atom stereocenters. The Kier molecular flexibility index (Phi) is 11.3. The molecule has 1 amide bonds. The van der Waals surface area contributed by atoms with E-state index in [9.17, 15) is 9.18 Å². The molecule has 236 valence electrons. The topological polar surface area (TPSA) is 53.8 Å². The number of benzene rings is 1. The molecule has 2 aromatic heterocycles. The number of pyridine rings is 1. The van der Waals surface area contributed by atoms with Crippen molar-refractivity contribution in [3.8, 4) is 5.69 Å². The molecular weight excluding hydrogens is 548 g/mol. The fourth-order valence-corrected chi connectivity index (χ4v) is 6.39. The number of rotatable bonds is 14. The average molecular weight is 598 g/mol. The maximum atomic E-state index is 15.4. The first kappa shape index (κ1) is 33.0. The van der Waals surface area contributed by atoms with Crippen LogP contribution in [0.25, 0.3) is 16.6 Å². The van der Waals surface area contributed by atoms with Gasteiger partial charge in [-0.05, 0) is 95.3 Å². The Bertz CT molecular complexity index is 1370. The predicted molar refractivity (Wildman–Crippen MR) is 169 cm³/mol. The molecule has 0 radical (unpaired) electrons. The fourth-order valence-electron chi connectivity index (χ4n) is 6.39. The number of halogens is 2. The number of carbonyl (C=O) groups excluding carboxylic acids is 1. The minimum atomic E-state index is -0.488. The average Bonchev–Trinajstić information content (AvgIpc) is 3.58. The van der Waals surface area contributed by atoms with Crippen molar-refractivity contribution in [1.82, 2.24) is 24.3 Å². The summed E-state index contributed by atoms with van der Waals surface area (Å²) in [6, 6.07) is 4.66. The second-order valence-electron chi connectivity index (χ2n) is 12.8. The summed E-state index contributed by atoms with van der Waals surface area (Å²) < 4.78 is 36.8. The van der Waals surface area contributed by atoms with Gasteiger partial charge < -0.3 is 19.1 Å². The van der Waals surface area contributed by atoms with Crippen molar-refractivity contribution in [2.24, 2.45) is 11.8 Å². The van der Waals surface area contributed by atoms with E-state index in [0.717, 1.165) is 64.0 Å². The number of ether oxygens (including phenoxy) is 1. The van der Waals surface area contributed by atoms with E-state index in [1.165, 1.54) is 18.3 Å². The van der Waals surface area contributed by atoms with Crippen LogP contribution in [0.2, 0.25) is 0 Å². The normalized spacial score (nSPS) is 16.7. The first-order valence-electron chi connectivity index (χ1n) is 15.6. The number of amides is 1. The molecule has 1 aliphatic rings. The Morgan fingerprint density at radius 1 is 1.14 bits per heavy atom. The lowest BCUT2D eigenvalue weighted by atomic mass is 9.96. The quantitative estimate of drug-likeness (QED) is 0.227. The van der Waals surface area contributed by atoms with Gasteiger partial charge in [0.05, 0.1) is 35.8 Å². The third-order valence-corrected chi connectivity index (χ3v) is 9.07. The number of likely N-dealkylation sites (tertiary alicyclic amines) is 1. The highest BCUT2D eigenvalue weighted by Crippen LogP contribution is 2.33. The first-order chi connectivity index (χ1) is 20.5. The molecule has 7 nitrogen and oxygen atoms in total. The lowest BCUT2D eigenvalue weighted by Crippen LogP contribution is -2.38. The molecule has 0 bridgehead atoms. The highest BCUT2D eigenvalue weighted by Gasteiger charge is 2.31. The number of hydrogen-bond acceptors (Lipinski definition) is 5. The summed E-state index contributed by atoms with van der Waals surface area (Å²) in [5.41, 5.74) is 2.23. The van der Waals surface area contributed by atoms with Gasteiger partial charge in [0.1, 0.15) is 5.82 Å². The van der Waals surface area contributed by atoms with Crippen molar-refractivity contribution in [2.75, 3.05) is 54.0 Å². The van der Waals surface area contributed by atoms with E-state index in [1.807, 2.05) is 24.6 Å². The molecule has 1 fully saturated rings. The molecule has 3 aromatic rings. The second-order valence-corrected chi connectivity index (χ2v) is 12.8. The van der Waals surface area contributed by atoms with Crippen LogP contribution in [0.5, 0.6) is 0 Å². The van der Waals surface area contributed by atoms with Crippen molar-refractivity contribution in [2.45, 2.75) is 65.5 Å². The molecule has 0 N–H and O–H groups in total. The van der Waals surface area contributed by atoms with Gasteiger partial charge in [-0.15, -0.1) is 0 Å².